The molecule has 0 fully saturated rings. The van der Waals surface area contributed by atoms with Gasteiger partial charge in [0.2, 0.25) is 0 Å². The summed E-state index contributed by atoms with van der Waals surface area (Å²) in [4.78, 5) is 0. The molecule has 3 aromatic rings. The highest BCUT2D eigenvalue weighted by Gasteiger charge is 2.08. The van der Waals surface area contributed by atoms with Crippen LogP contribution >= 0.6 is 0 Å². The van der Waals surface area contributed by atoms with Crippen LogP contribution in [-0.2, 0) is 19.6 Å². The second-order valence-corrected chi connectivity index (χ2v) is 8.67. The molecule has 0 bridgehead atoms. The van der Waals surface area contributed by atoms with E-state index < -0.39 is 0 Å². The van der Waals surface area contributed by atoms with E-state index in [1.807, 2.05) is 36.4 Å². The number of hydrogen-bond donors (Lipinski definition) is 2. The zero-order valence-electron chi connectivity index (χ0n) is 20.3. The van der Waals surface area contributed by atoms with Crippen molar-refractivity contribution in [2.75, 3.05) is 19.7 Å². The van der Waals surface area contributed by atoms with Crippen molar-refractivity contribution in [3.63, 3.8) is 0 Å². The summed E-state index contributed by atoms with van der Waals surface area (Å²) in [6, 6.07) is 26.8. The van der Waals surface area contributed by atoms with E-state index in [-0.39, 0.29) is 6.61 Å². The van der Waals surface area contributed by atoms with Crippen molar-refractivity contribution in [2.24, 2.45) is 0 Å². The van der Waals surface area contributed by atoms with Crippen LogP contribution in [0.3, 0.4) is 0 Å². The summed E-state index contributed by atoms with van der Waals surface area (Å²) in [7, 11) is 0. The smallest absolute Gasteiger partial charge is 0.161 e. The predicted octanol–water partition coefficient (Wildman–Crippen LogP) is 6.31. The summed E-state index contributed by atoms with van der Waals surface area (Å²) in [5, 5.41) is 12.0. The Morgan fingerprint density at radius 3 is 1.79 bits per heavy atom. The van der Waals surface area contributed by atoms with Crippen LogP contribution in [0.1, 0.15) is 55.2 Å². The van der Waals surface area contributed by atoms with Gasteiger partial charge in [-0.3, -0.25) is 0 Å². The van der Waals surface area contributed by atoms with Gasteiger partial charge in [-0.25, -0.2) is 0 Å². The molecular weight excluding hydrogens is 422 g/mol. The van der Waals surface area contributed by atoms with E-state index in [9.17, 15) is 0 Å². The molecular formula is C30H39NO3. The van der Waals surface area contributed by atoms with Gasteiger partial charge in [-0.2, -0.15) is 0 Å². The van der Waals surface area contributed by atoms with Crippen molar-refractivity contribution in [2.45, 2.75) is 58.2 Å². The number of aryl methyl sites for hydroxylation is 1. The lowest BCUT2D eigenvalue weighted by Gasteiger charge is -2.15. The van der Waals surface area contributed by atoms with Gasteiger partial charge in [0.1, 0.15) is 13.2 Å². The van der Waals surface area contributed by atoms with Crippen molar-refractivity contribution in [1.82, 2.24) is 5.32 Å². The molecule has 0 amide bonds. The lowest BCUT2D eigenvalue weighted by molar-refractivity contribution is 0.255. The fourth-order valence-corrected chi connectivity index (χ4v) is 3.90. The number of nitrogens with one attached hydrogen (secondary N) is 1. The Kier molecular flexibility index (Phi) is 12.1. The first-order valence-electron chi connectivity index (χ1n) is 12.6. The summed E-state index contributed by atoms with van der Waals surface area (Å²) < 4.78 is 12.3. The maximum atomic E-state index is 8.77. The fraction of sp³-hybridized carbons (Fsp3) is 0.400. The van der Waals surface area contributed by atoms with Crippen molar-refractivity contribution >= 4 is 0 Å². The van der Waals surface area contributed by atoms with Crippen LogP contribution in [-0.4, -0.2) is 24.8 Å². The Morgan fingerprint density at radius 2 is 1.15 bits per heavy atom. The lowest BCUT2D eigenvalue weighted by atomic mass is 10.0. The fourth-order valence-electron chi connectivity index (χ4n) is 3.90. The maximum absolute atomic E-state index is 8.77. The Morgan fingerprint density at radius 1 is 0.559 bits per heavy atom. The van der Waals surface area contributed by atoms with Crippen LogP contribution in [0.5, 0.6) is 11.5 Å². The van der Waals surface area contributed by atoms with Crippen molar-refractivity contribution in [1.29, 1.82) is 0 Å². The van der Waals surface area contributed by atoms with Gasteiger partial charge in [0.15, 0.2) is 11.5 Å². The third kappa shape index (κ3) is 9.98. The van der Waals surface area contributed by atoms with E-state index in [4.69, 9.17) is 14.6 Å². The molecule has 0 radical (unpaired) electrons. The summed E-state index contributed by atoms with van der Waals surface area (Å²) in [6.07, 6.45) is 8.48. The third-order valence-electron chi connectivity index (χ3n) is 5.84. The van der Waals surface area contributed by atoms with E-state index in [1.54, 1.807) is 0 Å². The van der Waals surface area contributed by atoms with Gasteiger partial charge < -0.3 is 19.9 Å². The molecule has 0 aromatic heterocycles. The molecule has 182 valence electrons. The Labute approximate surface area is 204 Å². The molecule has 0 atom stereocenters. The number of benzene rings is 3. The normalized spacial score (nSPS) is 10.9. The minimum atomic E-state index is 0.221. The van der Waals surface area contributed by atoms with Gasteiger partial charge in [-0.15, -0.1) is 0 Å². The third-order valence-corrected chi connectivity index (χ3v) is 5.84. The van der Waals surface area contributed by atoms with E-state index in [1.165, 1.54) is 44.1 Å². The molecule has 3 aromatic carbocycles. The molecule has 0 heterocycles. The molecule has 4 heteroatoms. The van der Waals surface area contributed by atoms with E-state index >= 15 is 0 Å². The second-order valence-electron chi connectivity index (χ2n) is 8.67. The Balaban J connectivity index is 1.48. The number of rotatable bonds is 17. The lowest BCUT2D eigenvalue weighted by Crippen LogP contribution is -2.19. The van der Waals surface area contributed by atoms with Crippen molar-refractivity contribution < 1.29 is 14.6 Å². The first-order valence-corrected chi connectivity index (χ1v) is 12.6. The standard InChI is InChI=1S/C30H39NO3/c32-22-21-31-20-12-4-2-1-3-7-13-26-18-19-29(33-24-27-14-8-5-9-15-27)30(23-26)34-25-28-16-10-6-11-17-28/h5-6,8-11,14-19,23,31-32H,1-4,7,12-13,20-22,24-25H2. The quantitative estimate of drug-likeness (QED) is 0.231. The molecule has 0 aliphatic heterocycles. The van der Waals surface area contributed by atoms with Gasteiger partial charge in [0, 0.05) is 6.54 Å². The van der Waals surface area contributed by atoms with Gasteiger partial charge in [-0.05, 0) is 54.6 Å². The number of ether oxygens (including phenoxy) is 2. The summed E-state index contributed by atoms with van der Waals surface area (Å²) in [5.41, 5.74) is 3.58. The molecule has 2 N–H and O–H groups in total. The van der Waals surface area contributed by atoms with Crippen LogP contribution in [0.4, 0.5) is 0 Å². The second kappa shape index (κ2) is 15.9. The first kappa shape index (κ1) is 25.8. The van der Waals surface area contributed by atoms with E-state index in [2.05, 4.69) is 47.8 Å². The molecule has 0 saturated heterocycles. The van der Waals surface area contributed by atoms with Crippen LogP contribution in [0.15, 0.2) is 78.9 Å². The monoisotopic (exact) mass is 461 g/mol. The molecule has 0 unspecified atom stereocenters. The summed E-state index contributed by atoms with van der Waals surface area (Å²) in [6.45, 7) is 2.98. The number of aliphatic hydroxyl groups is 1. The molecule has 4 nitrogen and oxygen atoms in total. The highest BCUT2D eigenvalue weighted by molar-refractivity contribution is 5.43. The minimum absolute atomic E-state index is 0.221. The molecule has 34 heavy (non-hydrogen) atoms. The van der Waals surface area contributed by atoms with E-state index in [0.717, 1.165) is 35.6 Å². The van der Waals surface area contributed by atoms with Crippen LogP contribution in [0.25, 0.3) is 0 Å². The summed E-state index contributed by atoms with van der Waals surface area (Å²) in [5.74, 6) is 1.60. The van der Waals surface area contributed by atoms with Crippen molar-refractivity contribution in [3.8, 4) is 11.5 Å². The molecule has 0 aliphatic carbocycles. The molecule has 3 rings (SSSR count). The predicted molar refractivity (Wildman–Crippen MR) is 139 cm³/mol. The number of aliphatic hydroxyl groups excluding tert-OH is 1. The molecule has 0 spiro atoms. The zero-order valence-corrected chi connectivity index (χ0v) is 20.3. The van der Waals surface area contributed by atoms with Crippen LogP contribution < -0.4 is 14.8 Å². The number of hydrogen-bond acceptors (Lipinski definition) is 4. The molecule has 0 saturated carbocycles. The Hall–Kier alpha value is -2.82. The highest BCUT2D eigenvalue weighted by Crippen LogP contribution is 2.31. The van der Waals surface area contributed by atoms with Crippen LogP contribution in [0.2, 0.25) is 0 Å². The highest BCUT2D eigenvalue weighted by atomic mass is 16.5. The first-order chi connectivity index (χ1) is 16.8. The maximum Gasteiger partial charge on any atom is 0.161 e. The van der Waals surface area contributed by atoms with Crippen LogP contribution in [0, 0.1) is 0 Å². The minimum Gasteiger partial charge on any atom is -0.485 e. The van der Waals surface area contributed by atoms with Gasteiger partial charge in [0.25, 0.3) is 0 Å². The molecule has 0 aliphatic rings. The van der Waals surface area contributed by atoms with Gasteiger partial charge in [-0.1, -0.05) is 92.4 Å². The summed E-state index contributed by atoms with van der Waals surface area (Å²) >= 11 is 0. The zero-order chi connectivity index (χ0) is 23.7. The number of unbranched alkanes of at least 4 members (excludes halogenated alkanes) is 5. The topological polar surface area (TPSA) is 50.7 Å². The average Bonchev–Trinajstić information content (AvgIpc) is 2.89. The van der Waals surface area contributed by atoms with E-state index in [0.29, 0.717) is 19.8 Å². The SMILES string of the molecule is OCCNCCCCCCCCc1ccc(OCc2ccccc2)c(OCc2ccccc2)c1. The Bertz CT molecular complexity index is 915. The van der Waals surface area contributed by atoms with Crippen molar-refractivity contribution in [3.05, 3.63) is 95.6 Å². The van der Waals surface area contributed by atoms with Gasteiger partial charge in [0.05, 0.1) is 6.61 Å². The average molecular weight is 462 g/mol. The largest absolute Gasteiger partial charge is 0.485 e. The van der Waals surface area contributed by atoms with Gasteiger partial charge >= 0.3 is 0 Å².